The highest BCUT2D eigenvalue weighted by atomic mass is 16.3. The molecule has 1 aromatic carbocycles. The van der Waals surface area contributed by atoms with Crippen LogP contribution in [0.1, 0.15) is 50.9 Å². The van der Waals surface area contributed by atoms with Gasteiger partial charge in [0, 0.05) is 29.7 Å². The molecule has 3 atom stereocenters. The average Bonchev–Trinajstić information content (AvgIpc) is 2.91. The highest BCUT2D eigenvalue weighted by Crippen LogP contribution is 2.46. The minimum atomic E-state index is -0.601. The van der Waals surface area contributed by atoms with E-state index in [1.807, 2.05) is 13.8 Å². The summed E-state index contributed by atoms with van der Waals surface area (Å²) in [6, 6.07) is 9.10. The first-order chi connectivity index (χ1) is 11.0. The molecule has 0 amide bonds. The molecule has 0 saturated carbocycles. The topological polar surface area (TPSA) is 39.3 Å². The van der Waals surface area contributed by atoms with Gasteiger partial charge in [0.15, 0.2) is 0 Å². The molecule has 1 saturated heterocycles. The Balaban J connectivity index is 1.75. The Bertz CT molecular complexity index is 712. The largest absolute Gasteiger partial charge is 0.390 e. The summed E-state index contributed by atoms with van der Waals surface area (Å²) < 4.78 is 0. The zero-order chi connectivity index (χ0) is 16.2. The lowest BCUT2D eigenvalue weighted by Gasteiger charge is -2.49. The lowest BCUT2D eigenvalue weighted by molar-refractivity contribution is -0.0661. The monoisotopic (exact) mass is 312 g/mol. The van der Waals surface area contributed by atoms with Gasteiger partial charge in [0.25, 0.3) is 0 Å². The van der Waals surface area contributed by atoms with Crippen molar-refractivity contribution in [3.63, 3.8) is 0 Å². The van der Waals surface area contributed by atoms with Gasteiger partial charge in [-0.05, 0) is 50.2 Å². The van der Waals surface area contributed by atoms with Crippen molar-refractivity contribution in [2.45, 2.75) is 51.7 Å². The van der Waals surface area contributed by atoms with Crippen LogP contribution < -0.4 is 0 Å². The third kappa shape index (κ3) is 2.41. The number of para-hydroxylation sites is 1. The maximum Gasteiger partial charge on any atom is 0.0623 e. The highest BCUT2D eigenvalue weighted by Gasteiger charge is 2.44. The van der Waals surface area contributed by atoms with Crippen LogP contribution in [0.4, 0.5) is 0 Å². The van der Waals surface area contributed by atoms with E-state index in [2.05, 4.69) is 41.1 Å². The van der Waals surface area contributed by atoms with Crippen molar-refractivity contribution in [1.29, 1.82) is 0 Å². The van der Waals surface area contributed by atoms with Gasteiger partial charge in [0.2, 0.25) is 0 Å². The molecular weight excluding hydrogens is 284 g/mol. The van der Waals surface area contributed by atoms with Crippen molar-refractivity contribution >= 4 is 10.9 Å². The van der Waals surface area contributed by atoms with Crippen LogP contribution in [0.5, 0.6) is 0 Å². The predicted octanol–water partition coefficient (Wildman–Crippen LogP) is 3.88. The number of nitrogens with zero attached hydrogens (tertiary/aromatic N) is 1. The molecule has 3 nitrogen and oxygen atoms in total. The van der Waals surface area contributed by atoms with E-state index in [4.69, 9.17) is 0 Å². The summed E-state index contributed by atoms with van der Waals surface area (Å²) >= 11 is 0. The highest BCUT2D eigenvalue weighted by molar-refractivity contribution is 5.85. The molecule has 4 rings (SSSR count). The third-order valence-corrected chi connectivity index (χ3v) is 6.22. The average molecular weight is 312 g/mol. The van der Waals surface area contributed by atoms with Crippen LogP contribution >= 0.6 is 0 Å². The second kappa shape index (κ2) is 5.35. The van der Waals surface area contributed by atoms with E-state index in [0.717, 1.165) is 32.4 Å². The molecule has 3 heterocycles. The first-order valence-corrected chi connectivity index (χ1v) is 9.05. The van der Waals surface area contributed by atoms with Gasteiger partial charge in [-0.2, -0.15) is 0 Å². The zero-order valence-electron chi connectivity index (χ0n) is 14.5. The molecule has 0 bridgehead atoms. The fourth-order valence-corrected chi connectivity index (χ4v) is 4.99. The van der Waals surface area contributed by atoms with E-state index in [0.29, 0.717) is 17.9 Å². The molecular formula is C20H28N2O. The first kappa shape index (κ1) is 15.2. The van der Waals surface area contributed by atoms with Crippen LogP contribution in [0.15, 0.2) is 24.3 Å². The Morgan fingerprint density at radius 1 is 1.30 bits per heavy atom. The summed E-state index contributed by atoms with van der Waals surface area (Å²) in [5.74, 6) is 0.961. The van der Waals surface area contributed by atoms with E-state index in [1.165, 1.54) is 22.2 Å². The zero-order valence-corrected chi connectivity index (χ0v) is 14.5. The Morgan fingerprint density at radius 2 is 2.09 bits per heavy atom. The second-order valence-corrected chi connectivity index (χ2v) is 7.99. The van der Waals surface area contributed by atoms with Crippen LogP contribution in [-0.4, -0.2) is 33.7 Å². The summed E-state index contributed by atoms with van der Waals surface area (Å²) in [5.41, 5.74) is 3.57. The molecule has 2 N–H and O–H groups in total. The van der Waals surface area contributed by atoms with Gasteiger partial charge in [-0.1, -0.05) is 31.5 Å². The summed E-state index contributed by atoms with van der Waals surface area (Å²) in [6.45, 7) is 8.51. The molecule has 1 fully saturated rings. The van der Waals surface area contributed by atoms with Crippen molar-refractivity contribution in [2.75, 3.05) is 13.1 Å². The minimum absolute atomic E-state index is 0.367. The van der Waals surface area contributed by atoms with E-state index in [9.17, 15) is 5.11 Å². The van der Waals surface area contributed by atoms with Gasteiger partial charge in [-0.3, -0.25) is 4.90 Å². The molecule has 0 aliphatic carbocycles. The molecule has 3 heteroatoms. The lowest BCUT2D eigenvalue weighted by Crippen LogP contribution is -2.51. The maximum absolute atomic E-state index is 10.7. The van der Waals surface area contributed by atoms with E-state index in [-0.39, 0.29) is 0 Å². The number of benzene rings is 1. The van der Waals surface area contributed by atoms with Gasteiger partial charge in [-0.25, -0.2) is 0 Å². The molecule has 124 valence electrons. The Kier molecular flexibility index (Phi) is 3.54. The number of aromatic amines is 1. The minimum Gasteiger partial charge on any atom is -0.390 e. The molecule has 0 radical (unpaired) electrons. The fraction of sp³-hybridized carbons (Fsp3) is 0.600. The number of fused-ring (bicyclic) bond motifs is 5. The number of aromatic nitrogens is 1. The quantitative estimate of drug-likeness (QED) is 0.883. The van der Waals surface area contributed by atoms with Gasteiger partial charge < -0.3 is 10.1 Å². The standard InChI is InChI=1S/C20H28N2O/c1-4-13-12-22-10-9-15-14-7-5-6-8-17(14)21-19(15)18(22)11-16(13)20(2,3)23/h5-8,13,16,18,21,23H,4,9-12H2,1-3H3/t13-,16+,18-/m0/s1. The van der Waals surface area contributed by atoms with Crippen molar-refractivity contribution in [2.24, 2.45) is 11.8 Å². The smallest absolute Gasteiger partial charge is 0.0623 e. The molecule has 0 spiro atoms. The summed E-state index contributed by atoms with van der Waals surface area (Å²) in [6.07, 6.45) is 3.35. The van der Waals surface area contributed by atoms with E-state index in [1.54, 1.807) is 0 Å². The normalized spacial score (nSPS) is 28.6. The number of nitrogens with one attached hydrogen (secondary N) is 1. The number of hydrogen-bond donors (Lipinski definition) is 2. The third-order valence-electron chi connectivity index (χ3n) is 6.22. The number of rotatable bonds is 2. The molecule has 2 aliphatic heterocycles. The number of hydrogen-bond acceptors (Lipinski definition) is 2. The predicted molar refractivity (Wildman–Crippen MR) is 94.5 cm³/mol. The number of aliphatic hydroxyl groups is 1. The van der Waals surface area contributed by atoms with Crippen LogP contribution in [-0.2, 0) is 6.42 Å². The summed E-state index contributed by atoms with van der Waals surface area (Å²) in [5, 5.41) is 12.1. The summed E-state index contributed by atoms with van der Waals surface area (Å²) in [4.78, 5) is 6.34. The molecule has 0 unspecified atom stereocenters. The van der Waals surface area contributed by atoms with Crippen molar-refractivity contribution < 1.29 is 5.11 Å². The maximum atomic E-state index is 10.7. The van der Waals surface area contributed by atoms with Crippen LogP contribution in [0.2, 0.25) is 0 Å². The summed E-state index contributed by atoms with van der Waals surface area (Å²) in [7, 11) is 0. The Morgan fingerprint density at radius 3 is 2.83 bits per heavy atom. The van der Waals surface area contributed by atoms with Crippen LogP contribution in [0, 0.1) is 11.8 Å². The van der Waals surface area contributed by atoms with Gasteiger partial charge >= 0.3 is 0 Å². The van der Waals surface area contributed by atoms with Crippen LogP contribution in [0.25, 0.3) is 10.9 Å². The lowest BCUT2D eigenvalue weighted by atomic mass is 9.70. The first-order valence-electron chi connectivity index (χ1n) is 9.05. The van der Waals surface area contributed by atoms with Crippen molar-refractivity contribution in [1.82, 2.24) is 9.88 Å². The SMILES string of the molecule is CC[C@H]1CN2CCc3c([nH]c4ccccc34)[C@@H]2C[C@H]1C(C)(C)O. The molecule has 2 aromatic rings. The van der Waals surface area contributed by atoms with Crippen molar-refractivity contribution in [3.05, 3.63) is 35.5 Å². The van der Waals surface area contributed by atoms with Crippen molar-refractivity contribution in [3.8, 4) is 0 Å². The van der Waals surface area contributed by atoms with Crippen LogP contribution in [0.3, 0.4) is 0 Å². The Hall–Kier alpha value is -1.32. The number of H-pyrrole nitrogens is 1. The van der Waals surface area contributed by atoms with Gasteiger partial charge in [-0.15, -0.1) is 0 Å². The number of piperidine rings is 1. The second-order valence-electron chi connectivity index (χ2n) is 7.99. The van der Waals surface area contributed by atoms with E-state index >= 15 is 0 Å². The molecule has 1 aromatic heterocycles. The van der Waals surface area contributed by atoms with Gasteiger partial charge in [0.05, 0.1) is 11.6 Å². The molecule has 2 aliphatic rings. The fourth-order valence-electron chi connectivity index (χ4n) is 4.99. The molecule has 23 heavy (non-hydrogen) atoms. The van der Waals surface area contributed by atoms with Gasteiger partial charge in [0.1, 0.15) is 0 Å². The Labute approximate surface area is 138 Å². The van der Waals surface area contributed by atoms with E-state index < -0.39 is 5.60 Å².